The van der Waals surface area contributed by atoms with E-state index < -0.39 is 0 Å². The second-order valence-electron chi connectivity index (χ2n) is 8.06. The zero-order valence-electron chi connectivity index (χ0n) is 18.8. The van der Waals surface area contributed by atoms with Crippen LogP contribution in [0.1, 0.15) is 11.1 Å². The highest BCUT2D eigenvalue weighted by Gasteiger charge is 2.18. The monoisotopic (exact) mass is 491 g/mol. The van der Waals surface area contributed by atoms with Crippen LogP contribution >= 0.6 is 12.2 Å². The minimum Gasteiger partial charge on any atom is -0.497 e. The van der Waals surface area contributed by atoms with Gasteiger partial charge in [-0.1, -0.05) is 12.1 Å². The first kappa shape index (κ1) is 22.7. The molecular weight excluding hydrogens is 469 g/mol. The lowest BCUT2D eigenvalue weighted by molar-refractivity contribution is 0.174. The molecule has 0 spiro atoms. The molecule has 0 fully saturated rings. The first-order valence-corrected chi connectivity index (χ1v) is 11.3. The Bertz CT molecular complexity index is 1440. The molecule has 35 heavy (non-hydrogen) atoms. The topological polar surface area (TPSA) is 75.8 Å². The number of H-pyrrole nitrogens is 1. The molecule has 4 aromatic rings. The van der Waals surface area contributed by atoms with E-state index in [1.54, 1.807) is 25.3 Å². The van der Waals surface area contributed by atoms with Gasteiger partial charge in [0.2, 0.25) is 6.79 Å². The Morgan fingerprint density at radius 2 is 1.77 bits per heavy atom. The highest BCUT2D eigenvalue weighted by molar-refractivity contribution is 7.80. The van der Waals surface area contributed by atoms with Gasteiger partial charge in [0, 0.05) is 29.2 Å². The lowest BCUT2D eigenvalue weighted by Crippen LogP contribution is -2.35. The average molecular weight is 492 g/mol. The lowest BCUT2D eigenvalue weighted by Gasteiger charge is -2.26. The summed E-state index contributed by atoms with van der Waals surface area (Å²) in [4.78, 5) is 17.8. The number of anilines is 1. The third kappa shape index (κ3) is 5.04. The van der Waals surface area contributed by atoms with Gasteiger partial charge < -0.3 is 29.4 Å². The highest BCUT2D eigenvalue weighted by atomic mass is 32.1. The van der Waals surface area contributed by atoms with E-state index in [1.807, 2.05) is 41.3 Å². The Morgan fingerprint density at radius 1 is 1.06 bits per heavy atom. The number of methoxy groups -OCH3 is 1. The van der Waals surface area contributed by atoms with Gasteiger partial charge in [-0.3, -0.25) is 4.79 Å². The summed E-state index contributed by atoms with van der Waals surface area (Å²) in [6.07, 6.45) is 0. The summed E-state index contributed by atoms with van der Waals surface area (Å²) in [5.74, 6) is 1.66. The number of hydrogen-bond donors (Lipinski definition) is 2. The summed E-state index contributed by atoms with van der Waals surface area (Å²) in [6, 6.07) is 19.0. The summed E-state index contributed by atoms with van der Waals surface area (Å²) in [5.41, 5.74) is 2.61. The fourth-order valence-electron chi connectivity index (χ4n) is 3.85. The second-order valence-corrected chi connectivity index (χ2v) is 8.44. The summed E-state index contributed by atoms with van der Waals surface area (Å²) in [7, 11) is 1.61. The van der Waals surface area contributed by atoms with Crippen LogP contribution in [0.2, 0.25) is 0 Å². The molecule has 3 aromatic carbocycles. The first-order chi connectivity index (χ1) is 17.0. The standard InChI is InChI=1S/C26H22FN3O4S/c1-32-21-8-2-16(3-9-21)13-30(26(35)28-20-6-4-19(27)5-7-20)14-18-10-17-11-23-24(34-15-33-23)12-22(17)29-25(18)31/h2-12H,13-15H2,1H3,(H,28,35)(H,29,31). The van der Waals surface area contributed by atoms with Gasteiger partial charge in [0.15, 0.2) is 16.6 Å². The lowest BCUT2D eigenvalue weighted by atomic mass is 10.1. The van der Waals surface area contributed by atoms with Gasteiger partial charge in [0.25, 0.3) is 5.56 Å². The minimum absolute atomic E-state index is 0.154. The van der Waals surface area contributed by atoms with Gasteiger partial charge >= 0.3 is 0 Å². The molecule has 1 aliphatic rings. The van der Waals surface area contributed by atoms with Gasteiger partial charge in [0.05, 0.1) is 19.2 Å². The van der Waals surface area contributed by atoms with E-state index in [2.05, 4.69) is 10.3 Å². The number of benzene rings is 3. The number of nitrogens with one attached hydrogen (secondary N) is 2. The fourth-order valence-corrected chi connectivity index (χ4v) is 4.10. The SMILES string of the molecule is COc1ccc(CN(Cc2cc3cc4c(cc3[nH]c2=O)OCO4)C(=S)Nc2ccc(F)cc2)cc1. The van der Waals surface area contributed by atoms with Crippen LogP contribution in [-0.4, -0.2) is 28.9 Å². The third-order valence-electron chi connectivity index (χ3n) is 5.69. The molecule has 0 unspecified atom stereocenters. The Morgan fingerprint density at radius 3 is 2.49 bits per heavy atom. The smallest absolute Gasteiger partial charge is 0.253 e. The molecule has 0 aliphatic carbocycles. The maximum absolute atomic E-state index is 13.3. The Kier molecular flexibility index (Phi) is 6.24. The molecule has 5 rings (SSSR count). The van der Waals surface area contributed by atoms with Crippen LogP contribution in [0.15, 0.2) is 71.5 Å². The van der Waals surface area contributed by atoms with E-state index in [1.165, 1.54) is 12.1 Å². The van der Waals surface area contributed by atoms with Crippen LogP contribution in [0.4, 0.5) is 10.1 Å². The van der Waals surface area contributed by atoms with E-state index >= 15 is 0 Å². The molecule has 0 bridgehead atoms. The second kappa shape index (κ2) is 9.63. The molecule has 0 amide bonds. The van der Waals surface area contributed by atoms with Crippen LogP contribution in [0, 0.1) is 5.82 Å². The number of thiocarbonyl (C=S) groups is 1. The van der Waals surface area contributed by atoms with Gasteiger partial charge in [0.1, 0.15) is 11.6 Å². The van der Waals surface area contributed by atoms with Crippen LogP contribution in [0.3, 0.4) is 0 Å². The number of halogens is 1. The third-order valence-corrected chi connectivity index (χ3v) is 6.05. The van der Waals surface area contributed by atoms with Crippen molar-refractivity contribution in [3.8, 4) is 17.2 Å². The molecule has 178 valence electrons. The minimum atomic E-state index is -0.333. The summed E-state index contributed by atoms with van der Waals surface area (Å²) in [6.45, 7) is 0.843. The summed E-state index contributed by atoms with van der Waals surface area (Å²) >= 11 is 5.69. The van der Waals surface area contributed by atoms with E-state index in [-0.39, 0.29) is 24.7 Å². The quantitative estimate of drug-likeness (QED) is 0.375. The van der Waals surface area contributed by atoms with Crippen molar-refractivity contribution in [1.29, 1.82) is 0 Å². The van der Waals surface area contributed by atoms with Crippen molar-refractivity contribution in [3.63, 3.8) is 0 Å². The average Bonchev–Trinajstić information content (AvgIpc) is 3.31. The van der Waals surface area contributed by atoms with Gasteiger partial charge in [-0.05, 0) is 66.3 Å². The van der Waals surface area contributed by atoms with Crippen molar-refractivity contribution in [1.82, 2.24) is 9.88 Å². The van der Waals surface area contributed by atoms with E-state index in [9.17, 15) is 9.18 Å². The van der Waals surface area contributed by atoms with Crippen molar-refractivity contribution >= 4 is 33.9 Å². The molecule has 2 heterocycles. The number of aromatic nitrogens is 1. The maximum Gasteiger partial charge on any atom is 0.253 e. The van der Waals surface area contributed by atoms with Gasteiger partial charge in [-0.2, -0.15) is 0 Å². The predicted octanol–water partition coefficient (Wildman–Crippen LogP) is 4.80. The number of hydrogen-bond acceptors (Lipinski definition) is 5. The van der Waals surface area contributed by atoms with Crippen molar-refractivity contribution in [2.45, 2.75) is 13.1 Å². The molecule has 7 nitrogen and oxygen atoms in total. The largest absolute Gasteiger partial charge is 0.497 e. The predicted molar refractivity (Wildman–Crippen MR) is 136 cm³/mol. The Labute approximate surface area is 206 Å². The summed E-state index contributed by atoms with van der Waals surface area (Å²) < 4.78 is 29.5. The van der Waals surface area contributed by atoms with E-state index in [4.69, 9.17) is 26.4 Å². The molecule has 1 aliphatic heterocycles. The summed E-state index contributed by atoms with van der Waals surface area (Å²) in [5, 5.41) is 4.37. The molecule has 9 heteroatoms. The Balaban J connectivity index is 1.45. The Hall–Kier alpha value is -4.11. The number of pyridine rings is 1. The molecule has 0 atom stereocenters. The van der Waals surface area contributed by atoms with E-state index in [0.717, 1.165) is 16.7 Å². The molecule has 2 N–H and O–H groups in total. The molecule has 0 radical (unpaired) electrons. The molecular formula is C26H22FN3O4S. The van der Waals surface area contributed by atoms with Crippen molar-refractivity contribution in [2.24, 2.45) is 0 Å². The number of fused-ring (bicyclic) bond motifs is 2. The zero-order chi connectivity index (χ0) is 24.4. The molecule has 0 saturated heterocycles. The van der Waals surface area contributed by atoms with Crippen LogP contribution < -0.4 is 25.1 Å². The normalized spacial score (nSPS) is 11.9. The number of rotatable bonds is 6. The van der Waals surface area contributed by atoms with Crippen LogP contribution in [0.25, 0.3) is 10.9 Å². The van der Waals surface area contributed by atoms with Gasteiger partial charge in [-0.25, -0.2) is 4.39 Å². The number of ether oxygens (including phenoxy) is 3. The fraction of sp³-hybridized carbons (Fsp3) is 0.154. The van der Waals surface area contributed by atoms with E-state index in [0.29, 0.717) is 39.9 Å². The van der Waals surface area contributed by atoms with Gasteiger partial charge in [-0.15, -0.1) is 0 Å². The van der Waals surface area contributed by atoms with Crippen molar-refractivity contribution in [2.75, 3.05) is 19.2 Å². The molecule has 1 aromatic heterocycles. The van der Waals surface area contributed by atoms with Crippen LogP contribution in [-0.2, 0) is 13.1 Å². The number of nitrogens with zero attached hydrogens (tertiary/aromatic N) is 1. The van der Waals surface area contributed by atoms with Crippen molar-refractivity contribution < 1.29 is 18.6 Å². The number of aromatic amines is 1. The van der Waals surface area contributed by atoms with Crippen molar-refractivity contribution in [3.05, 3.63) is 94.0 Å². The maximum atomic E-state index is 13.3. The first-order valence-electron chi connectivity index (χ1n) is 10.9. The van der Waals surface area contributed by atoms with Crippen LogP contribution in [0.5, 0.6) is 17.2 Å². The molecule has 0 saturated carbocycles. The zero-order valence-corrected chi connectivity index (χ0v) is 19.7. The highest BCUT2D eigenvalue weighted by Crippen LogP contribution is 2.35.